The van der Waals surface area contributed by atoms with Gasteiger partial charge in [-0.05, 0) is 83.4 Å². The van der Waals surface area contributed by atoms with Crippen LogP contribution in [0.15, 0.2) is 24.3 Å². The van der Waals surface area contributed by atoms with Gasteiger partial charge in [0.1, 0.15) is 11.2 Å². The zero-order valence-electron chi connectivity index (χ0n) is 19.8. The molecule has 6 nitrogen and oxygen atoms in total. The maximum atomic E-state index is 13.2. The van der Waals surface area contributed by atoms with E-state index in [0.29, 0.717) is 24.4 Å². The molecule has 1 amide bonds. The molecule has 174 valence electrons. The largest absolute Gasteiger partial charge is 0.460 e. The highest BCUT2D eigenvalue weighted by Crippen LogP contribution is 2.32. The first-order chi connectivity index (χ1) is 14.8. The summed E-state index contributed by atoms with van der Waals surface area (Å²) >= 11 is 1.45. The fourth-order valence-corrected chi connectivity index (χ4v) is 4.91. The molecule has 7 heteroatoms. The summed E-state index contributed by atoms with van der Waals surface area (Å²) in [6.07, 6.45) is 1.76. The normalized spacial score (nSPS) is 17.9. The first-order valence-corrected chi connectivity index (χ1v) is 11.8. The number of hydrogen-bond acceptors (Lipinski definition) is 6. The van der Waals surface area contributed by atoms with Crippen LogP contribution in [0.2, 0.25) is 0 Å². The number of benzene rings is 1. The van der Waals surface area contributed by atoms with Crippen molar-refractivity contribution in [1.82, 2.24) is 4.90 Å². The van der Waals surface area contributed by atoms with Crippen LogP contribution in [0.1, 0.15) is 63.2 Å². The van der Waals surface area contributed by atoms with E-state index in [9.17, 15) is 14.4 Å². The molecule has 0 saturated carbocycles. The Morgan fingerprint density at radius 1 is 1.12 bits per heavy atom. The van der Waals surface area contributed by atoms with E-state index < -0.39 is 11.2 Å². The SMILES string of the molecule is CC(C)(C)OC(=O)[C@@H](Cc1ccc2cc(C=O)sc2c1)[C@H]1CCN(C(=O)OC(C)(C)C)C1. The van der Waals surface area contributed by atoms with Crippen LogP contribution in [-0.2, 0) is 20.7 Å². The lowest BCUT2D eigenvalue weighted by Crippen LogP contribution is -2.38. The Labute approximate surface area is 193 Å². The Kier molecular flexibility index (Phi) is 6.98. The summed E-state index contributed by atoms with van der Waals surface area (Å²) < 4.78 is 12.3. The van der Waals surface area contributed by atoms with Crippen molar-refractivity contribution in [3.05, 3.63) is 34.7 Å². The first kappa shape index (κ1) is 24.2. The summed E-state index contributed by atoms with van der Waals surface area (Å²) in [5, 5.41) is 1.02. The van der Waals surface area contributed by atoms with Gasteiger partial charge in [0.15, 0.2) is 6.29 Å². The van der Waals surface area contributed by atoms with Crippen molar-refractivity contribution >= 4 is 39.8 Å². The molecular weight excluding hydrogens is 426 g/mol. The second kappa shape index (κ2) is 9.22. The Balaban J connectivity index is 1.80. The first-order valence-electron chi connectivity index (χ1n) is 11.0. The van der Waals surface area contributed by atoms with E-state index in [0.717, 1.165) is 28.4 Å². The molecule has 1 aromatic carbocycles. The molecule has 1 saturated heterocycles. The summed E-state index contributed by atoms with van der Waals surface area (Å²) in [5.74, 6) is -0.625. The monoisotopic (exact) mass is 459 g/mol. The van der Waals surface area contributed by atoms with E-state index in [1.54, 1.807) is 4.90 Å². The fraction of sp³-hybridized carbons (Fsp3) is 0.560. The molecule has 2 heterocycles. The number of amides is 1. The van der Waals surface area contributed by atoms with Gasteiger partial charge in [0.2, 0.25) is 0 Å². The number of ether oxygens (including phenoxy) is 2. The predicted octanol–water partition coefficient (Wildman–Crippen LogP) is 5.47. The van der Waals surface area contributed by atoms with Crippen molar-refractivity contribution in [2.45, 2.75) is 65.6 Å². The van der Waals surface area contributed by atoms with Crippen LogP contribution in [-0.4, -0.2) is 47.5 Å². The van der Waals surface area contributed by atoms with Crippen molar-refractivity contribution in [3.8, 4) is 0 Å². The molecule has 0 spiro atoms. The number of rotatable bonds is 5. The Bertz CT molecular complexity index is 998. The average Bonchev–Trinajstić information content (AvgIpc) is 3.29. The smallest absolute Gasteiger partial charge is 0.410 e. The highest BCUT2D eigenvalue weighted by Gasteiger charge is 2.39. The number of esters is 1. The maximum Gasteiger partial charge on any atom is 0.410 e. The average molecular weight is 460 g/mol. The maximum absolute atomic E-state index is 13.2. The molecule has 0 radical (unpaired) electrons. The molecule has 1 aliphatic rings. The Morgan fingerprint density at radius 2 is 1.81 bits per heavy atom. The van der Waals surface area contributed by atoms with E-state index >= 15 is 0 Å². The van der Waals surface area contributed by atoms with E-state index in [1.165, 1.54) is 11.3 Å². The minimum absolute atomic E-state index is 0.0121. The molecule has 0 unspecified atom stereocenters. The third-order valence-electron chi connectivity index (χ3n) is 5.33. The van der Waals surface area contributed by atoms with Crippen molar-refractivity contribution in [1.29, 1.82) is 0 Å². The molecule has 0 aliphatic carbocycles. The third-order valence-corrected chi connectivity index (χ3v) is 6.35. The van der Waals surface area contributed by atoms with Crippen LogP contribution in [0, 0.1) is 11.8 Å². The molecule has 3 rings (SSSR count). The van der Waals surface area contributed by atoms with Crippen molar-refractivity contribution in [3.63, 3.8) is 0 Å². The number of aldehydes is 1. The highest BCUT2D eigenvalue weighted by atomic mass is 32.1. The van der Waals surface area contributed by atoms with Crippen LogP contribution in [0.25, 0.3) is 10.1 Å². The van der Waals surface area contributed by atoms with Gasteiger partial charge >= 0.3 is 12.1 Å². The van der Waals surface area contributed by atoms with E-state index in [2.05, 4.69) is 0 Å². The van der Waals surface area contributed by atoms with Gasteiger partial charge in [-0.2, -0.15) is 0 Å². The second-order valence-corrected chi connectivity index (χ2v) is 11.6. The summed E-state index contributed by atoms with van der Waals surface area (Å²) in [7, 11) is 0. The number of thiophene rings is 1. The summed E-state index contributed by atoms with van der Waals surface area (Å²) in [6, 6.07) is 7.91. The van der Waals surface area contributed by atoms with Crippen molar-refractivity contribution in [2.75, 3.05) is 13.1 Å². The van der Waals surface area contributed by atoms with Crippen LogP contribution >= 0.6 is 11.3 Å². The Morgan fingerprint density at radius 3 is 2.44 bits per heavy atom. The van der Waals surface area contributed by atoms with Gasteiger partial charge in [-0.3, -0.25) is 9.59 Å². The molecular formula is C25H33NO5S. The van der Waals surface area contributed by atoms with Crippen molar-refractivity contribution in [2.24, 2.45) is 11.8 Å². The van der Waals surface area contributed by atoms with Gasteiger partial charge in [0.05, 0.1) is 10.8 Å². The topological polar surface area (TPSA) is 72.9 Å². The molecule has 2 atom stereocenters. The minimum atomic E-state index is -0.588. The highest BCUT2D eigenvalue weighted by molar-refractivity contribution is 7.20. The number of fused-ring (bicyclic) bond motifs is 1. The van der Waals surface area contributed by atoms with E-state index in [-0.39, 0.29) is 23.9 Å². The lowest BCUT2D eigenvalue weighted by Gasteiger charge is -2.28. The van der Waals surface area contributed by atoms with Gasteiger partial charge in [-0.15, -0.1) is 11.3 Å². The number of carbonyl (C=O) groups excluding carboxylic acids is 3. The number of nitrogens with zero attached hydrogens (tertiary/aromatic N) is 1. The second-order valence-electron chi connectivity index (χ2n) is 10.5. The Hall–Kier alpha value is -2.41. The van der Waals surface area contributed by atoms with E-state index in [1.807, 2.05) is 65.8 Å². The summed E-state index contributed by atoms with van der Waals surface area (Å²) in [5.41, 5.74) is -0.130. The van der Waals surface area contributed by atoms with Crippen molar-refractivity contribution < 1.29 is 23.9 Å². The fourth-order valence-electron chi connectivity index (χ4n) is 3.96. The van der Waals surface area contributed by atoms with Gasteiger partial charge in [0.25, 0.3) is 0 Å². The quantitative estimate of drug-likeness (QED) is 0.438. The molecule has 1 fully saturated rings. The van der Waals surface area contributed by atoms with Gasteiger partial charge in [-0.25, -0.2) is 4.79 Å². The number of hydrogen-bond donors (Lipinski definition) is 0. The van der Waals surface area contributed by atoms with Gasteiger partial charge < -0.3 is 14.4 Å². The minimum Gasteiger partial charge on any atom is -0.460 e. The zero-order chi connectivity index (χ0) is 23.7. The standard InChI is InChI=1S/C25H33NO5S/c1-24(2,3)30-22(28)20(18-9-10-26(14-18)23(29)31-25(4,5)6)11-16-7-8-17-13-19(15-27)32-21(17)12-16/h7-8,12-13,15,18,20H,9-11,14H2,1-6H3/t18-,20-/m0/s1. The van der Waals surface area contributed by atoms with Crippen LogP contribution in [0.4, 0.5) is 4.79 Å². The summed E-state index contributed by atoms with van der Waals surface area (Å²) in [6.45, 7) is 12.2. The van der Waals surface area contributed by atoms with Crippen LogP contribution in [0.3, 0.4) is 0 Å². The van der Waals surface area contributed by atoms with Gasteiger partial charge in [-0.1, -0.05) is 12.1 Å². The number of likely N-dealkylation sites (tertiary alicyclic amines) is 1. The molecule has 32 heavy (non-hydrogen) atoms. The molecule has 1 aliphatic heterocycles. The zero-order valence-corrected chi connectivity index (χ0v) is 20.6. The number of carbonyl (C=O) groups is 3. The molecule has 0 N–H and O–H groups in total. The molecule has 0 bridgehead atoms. The predicted molar refractivity (Wildman–Crippen MR) is 126 cm³/mol. The van der Waals surface area contributed by atoms with Crippen LogP contribution in [0.5, 0.6) is 0 Å². The lowest BCUT2D eigenvalue weighted by molar-refractivity contribution is -0.161. The third kappa shape index (κ3) is 6.31. The summed E-state index contributed by atoms with van der Waals surface area (Å²) in [4.78, 5) is 39.2. The van der Waals surface area contributed by atoms with Gasteiger partial charge in [0, 0.05) is 17.8 Å². The van der Waals surface area contributed by atoms with E-state index in [4.69, 9.17) is 9.47 Å². The molecule has 1 aromatic heterocycles. The lowest BCUT2D eigenvalue weighted by atomic mass is 9.86. The van der Waals surface area contributed by atoms with Crippen LogP contribution < -0.4 is 0 Å². The molecule has 2 aromatic rings.